The van der Waals surface area contributed by atoms with Gasteiger partial charge in [0.25, 0.3) is 5.91 Å². The summed E-state index contributed by atoms with van der Waals surface area (Å²) in [5, 5.41) is 2.72. The van der Waals surface area contributed by atoms with E-state index in [0.29, 0.717) is 28.5 Å². The van der Waals surface area contributed by atoms with Gasteiger partial charge in [0.15, 0.2) is 19.0 Å². The molecule has 2 amide bonds. The Morgan fingerprint density at radius 2 is 1.88 bits per heavy atom. The van der Waals surface area contributed by atoms with E-state index < -0.39 is 0 Å². The average Bonchev–Trinajstić information content (AvgIpc) is 3.35. The van der Waals surface area contributed by atoms with Crippen molar-refractivity contribution in [2.24, 2.45) is 0 Å². The summed E-state index contributed by atoms with van der Waals surface area (Å²) in [4.78, 5) is 39.2. The van der Waals surface area contributed by atoms with Gasteiger partial charge in [0.1, 0.15) is 23.8 Å². The topological polar surface area (TPSA) is 98.1 Å². The van der Waals surface area contributed by atoms with Crippen molar-refractivity contribution < 1.29 is 28.3 Å². The van der Waals surface area contributed by atoms with Crippen LogP contribution >= 0.6 is 0 Å². The van der Waals surface area contributed by atoms with Crippen molar-refractivity contribution in [3.63, 3.8) is 0 Å². The number of furan rings is 1. The first kappa shape index (κ1) is 23.1. The van der Waals surface area contributed by atoms with Gasteiger partial charge in [-0.05, 0) is 67.8 Å². The Kier molecular flexibility index (Phi) is 6.67. The Balaban J connectivity index is 1.47. The van der Waals surface area contributed by atoms with Crippen LogP contribution in [0, 0.1) is 20.8 Å². The number of nitrogens with one attached hydrogen (secondary N) is 1. The fraction of sp³-hybridized carbons (Fsp3) is 0.269. The van der Waals surface area contributed by atoms with Gasteiger partial charge in [-0.25, -0.2) is 0 Å². The van der Waals surface area contributed by atoms with Crippen LogP contribution in [0.1, 0.15) is 32.8 Å². The van der Waals surface area contributed by atoms with Crippen LogP contribution in [0.15, 0.2) is 53.1 Å². The standard InChI is InChI=1S/C26H26N2O6/c1-16-6-7-17(2)26(18(16)3)34-14-22(29)19-8-9-23-21(11-19)28(25(31)15-33-23)13-24(30)27-12-20-5-4-10-32-20/h4-11H,12-15H2,1-3H3,(H,27,30). The summed E-state index contributed by atoms with van der Waals surface area (Å²) in [6.45, 7) is 5.56. The molecule has 34 heavy (non-hydrogen) atoms. The number of nitrogens with zero attached hydrogens (tertiary/aromatic N) is 1. The molecule has 176 valence electrons. The summed E-state index contributed by atoms with van der Waals surface area (Å²) in [5.74, 6) is 0.758. The van der Waals surface area contributed by atoms with Crippen molar-refractivity contribution >= 4 is 23.3 Å². The number of aryl methyl sites for hydroxylation is 2. The Morgan fingerprint density at radius 1 is 1.09 bits per heavy atom. The molecule has 0 saturated carbocycles. The number of Topliss-reactive ketones (excluding diaryl/α,β-unsaturated/α-hetero) is 1. The molecule has 0 bridgehead atoms. The smallest absolute Gasteiger partial charge is 0.265 e. The molecule has 2 heterocycles. The molecular weight excluding hydrogens is 436 g/mol. The third-order valence-electron chi connectivity index (χ3n) is 5.79. The van der Waals surface area contributed by atoms with Gasteiger partial charge in [-0.3, -0.25) is 19.3 Å². The third-order valence-corrected chi connectivity index (χ3v) is 5.79. The number of rotatable bonds is 8. The Labute approximate surface area is 197 Å². The number of amides is 2. The van der Waals surface area contributed by atoms with Gasteiger partial charge >= 0.3 is 0 Å². The molecule has 0 saturated heterocycles. The zero-order valence-electron chi connectivity index (χ0n) is 19.3. The molecule has 0 fully saturated rings. The van der Waals surface area contributed by atoms with Gasteiger partial charge < -0.3 is 19.2 Å². The van der Waals surface area contributed by atoms with Crippen LogP contribution < -0.4 is 19.7 Å². The van der Waals surface area contributed by atoms with Crippen LogP contribution in [0.3, 0.4) is 0 Å². The highest BCUT2D eigenvalue weighted by atomic mass is 16.5. The van der Waals surface area contributed by atoms with E-state index >= 15 is 0 Å². The van der Waals surface area contributed by atoms with Crippen molar-refractivity contribution in [2.45, 2.75) is 27.3 Å². The van der Waals surface area contributed by atoms with E-state index in [0.717, 1.165) is 16.7 Å². The second-order valence-corrected chi connectivity index (χ2v) is 8.17. The van der Waals surface area contributed by atoms with Gasteiger partial charge in [0.05, 0.1) is 18.5 Å². The van der Waals surface area contributed by atoms with Gasteiger partial charge in [-0.1, -0.05) is 12.1 Å². The number of ketones is 1. The Hall–Kier alpha value is -4.07. The molecule has 1 aliphatic rings. The largest absolute Gasteiger partial charge is 0.485 e. The monoisotopic (exact) mass is 462 g/mol. The number of benzene rings is 2. The van der Waals surface area contributed by atoms with Crippen molar-refractivity contribution in [2.75, 3.05) is 24.7 Å². The summed E-state index contributed by atoms with van der Waals surface area (Å²) in [7, 11) is 0. The maximum atomic E-state index is 12.9. The normalized spacial score (nSPS) is 12.7. The summed E-state index contributed by atoms with van der Waals surface area (Å²) < 4.78 is 16.6. The SMILES string of the molecule is Cc1ccc(C)c(OCC(=O)c2ccc3c(c2)N(CC(=O)NCc2ccco2)C(=O)CO3)c1C. The fourth-order valence-corrected chi connectivity index (χ4v) is 3.72. The van der Waals surface area contributed by atoms with E-state index in [2.05, 4.69) is 5.32 Å². The first-order valence-corrected chi connectivity index (χ1v) is 10.9. The Morgan fingerprint density at radius 3 is 2.65 bits per heavy atom. The molecular formula is C26H26N2O6. The van der Waals surface area contributed by atoms with Crippen LogP contribution in [0.4, 0.5) is 5.69 Å². The number of hydrogen-bond acceptors (Lipinski definition) is 6. The number of anilines is 1. The summed E-state index contributed by atoms with van der Waals surface area (Å²) >= 11 is 0. The molecule has 0 radical (unpaired) electrons. The van der Waals surface area contributed by atoms with Gasteiger partial charge in [-0.2, -0.15) is 0 Å². The molecule has 2 aromatic carbocycles. The maximum Gasteiger partial charge on any atom is 0.265 e. The second-order valence-electron chi connectivity index (χ2n) is 8.17. The number of fused-ring (bicyclic) bond motifs is 1. The molecule has 0 atom stereocenters. The molecule has 8 nitrogen and oxygen atoms in total. The molecule has 3 aromatic rings. The zero-order chi connectivity index (χ0) is 24.2. The summed E-state index contributed by atoms with van der Waals surface area (Å²) in [6, 6.07) is 12.3. The summed E-state index contributed by atoms with van der Waals surface area (Å²) in [5.41, 5.74) is 3.76. The first-order valence-electron chi connectivity index (χ1n) is 10.9. The predicted octanol–water partition coefficient (Wildman–Crippen LogP) is 3.51. The summed E-state index contributed by atoms with van der Waals surface area (Å²) in [6.07, 6.45) is 1.52. The van der Waals surface area contributed by atoms with Crippen molar-refractivity contribution in [3.8, 4) is 11.5 Å². The molecule has 8 heteroatoms. The van der Waals surface area contributed by atoms with Crippen molar-refractivity contribution in [1.29, 1.82) is 0 Å². The van der Waals surface area contributed by atoms with Crippen molar-refractivity contribution in [1.82, 2.24) is 5.32 Å². The quantitative estimate of drug-likeness (QED) is 0.515. The van der Waals surface area contributed by atoms with E-state index in [-0.39, 0.29) is 43.9 Å². The first-order chi connectivity index (χ1) is 16.3. The lowest BCUT2D eigenvalue weighted by Gasteiger charge is -2.29. The maximum absolute atomic E-state index is 12.9. The van der Waals surface area contributed by atoms with Crippen LogP contribution in [0.25, 0.3) is 0 Å². The molecule has 1 aromatic heterocycles. The number of carbonyl (C=O) groups excluding carboxylic acids is 3. The molecule has 0 unspecified atom stereocenters. The lowest BCUT2D eigenvalue weighted by molar-refractivity contribution is -0.125. The average molecular weight is 463 g/mol. The van der Waals surface area contributed by atoms with E-state index in [1.807, 2.05) is 32.9 Å². The predicted molar refractivity (Wildman–Crippen MR) is 125 cm³/mol. The van der Waals surface area contributed by atoms with Crippen LogP contribution in [-0.4, -0.2) is 37.4 Å². The fourth-order valence-electron chi connectivity index (χ4n) is 3.72. The highest BCUT2D eigenvalue weighted by Crippen LogP contribution is 2.33. The number of carbonyl (C=O) groups is 3. The lowest BCUT2D eigenvalue weighted by atomic mass is 10.1. The number of ether oxygens (including phenoxy) is 2. The Bertz CT molecular complexity index is 1230. The van der Waals surface area contributed by atoms with Gasteiger partial charge in [0, 0.05) is 5.56 Å². The molecule has 0 spiro atoms. The minimum Gasteiger partial charge on any atom is -0.485 e. The molecule has 1 N–H and O–H groups in total. The highest BCUT2D eigenvalue weighted by Gasteiger charge is 2.28. The number of hydrogen-bond donors (Lipinski definition) is 1. The van der Waals surface area contributed by atoms with Crippen LogP contribution in [-0.2, 0) is 16.1 Å². The third kappa shape index (κ3) is 4.96. The van der Waals surface area contributed by atoms with E-state index in [9.17, 15) is 14.4 Å². The molecule has 1 aliphatic heterocycles. The van der Waals surface area contributed by atoms with E-state index in [4.69, 9.17) is 13.9 Å². The van der Waals surface area contributed by atoms with E-state index in [1.165, 1.54) is 11.2 Å². The van der Waals surface area contributed by atoms with Gasteiger partial charge in [-0.15, -0.1) is 0 Å². The van der Waals surface area contributed by atoms with Crippen LogP contribution in [0.2, 0.25) is 0 Å². The minimum absolute atomic E-state index is 0.150. The van der Waals surface area contributed by atoms with E-state index in [1.54, 1.807) is 30.3 Å². The van der Waals surface area contributed by atoms with Crippen molar-refractivity contribution in [3.05, 3.63) is 76.7 Å². The molecule has 4 rings (SSSR count). The second kappa shape index (κ2) is 9.82. The van der Waals surface area contributed by atoms with Gasteiger partial charge in [0.2, 0.25) is 5.91 Å². The highest BCUT2D eigenvalue weighted by molar-refractivity contribution is 6.04. The minimum atomic E-state index is -0.368. The molecule has 0 aliphatic carbocycles. The van der Waals surface area contributed by atoms with Crippen LogP contribution in [0.5, 0.6) is 11.5 Å². The lowest BCUT2D eigenvalue weighted by Crippen LogP contribution is -2.45. The zero-order valence-corrected chi connectivity index (χ0v) is 19.3.